The Morgan fingerprint density at radius 1 is 1.33 bits per heavy atom. The number of H-pyrrole nitrogens is 2. The Labute approximate surface area is 142 Å². The molecule has 134 valence electrons. The van der Waals surface area contributed by atoms with Crippen LogP contribution in [0.15, 0.2) is 15.7 Å². The molecule has 11 heteroatoms. The highest BCUT2D eigenvalue weighted by Gasteiger charge is 2.14. The monoisotopic (exact) mass is 377 g/mol. The molecule has 4 N–H and O–H groups in total. The number of nitrogens with one attached hydrogen (secondary N) is 3. The van der Waals surface area contributed by atoms with Gasteiger partial charge in [-0.25, -0.2) is 4.79 Å². The minimum atomic E-state index is -1.44. The second-order valence-corrected chi connectivity index (χ2v) is 8.27. The molecule has 0 fully saturated rings. The van der Waals surface area contributed by atoms with E-state index in [0.29, 0.717) is 5.69 Å². The molecule has 1 heterocycles. The third-order valence-electron chi connectivity index (χ3n) is 2.83. The van der Waals surface area contributed by atoms with Crippen LogP contribution in [0.1, 0.15) is 11.3 Å². The van der Waals surface area contributed by atoms with Gasteiger partial charge in [0, 0.05) is 45.4 Å². The first-order valence-corrected chi connectivity index (χ1v) is 10.0. The van der Waals surface area contributed by atoms with Crippen molar-refractivity contribution in [3.8, 4) is 0 Å². The van der Waals surface area contributed by atoms with Crippen LogP contribution >= 0.6 is 0 Å². The third-order valence-corrected chi connectivity index (χ3v) is 5.98. The number of hydrogen-bond donors (Lipinski definition) is 4. The van der Waals surface area contributed by atoms with Gasteiger partial charge in [-0.3, -0.25) is 23.0 Å². The summed E-state index contributed by atoms with van der Waals surface area (Å²) < 4.78 is 22.7. The van der Waals surface area contributed by atoms with Crippen molar-refractivity contribution >= 4 is 33.6 Å². The first-order chi connectivity index (χ1) is 11.2. The van der Waals surface area contributed by atoms with E-state index in [1.807, 2.05) is 4.98 Å². The topological polar surface area (TPSA) is 149 Å². The van der Waals surface area contributed by atoms with E-state index < -0.39 is 51.4 Å². The van der Waals surface area contributed by atoms with Crippen LogP contribution in [-0.2, 0) is 26.4 Å². The van der Waals surface area contributed by atoms with Gasteiger partial charge in [-0.05, 0) is 13.0 Å². The molecule has 1 amide bonds. The van der Waals surface area contributed by atoms with E-state index >= 15 is 0 Å². The van der Waals surface area contributed by atoms with Gasteiger partial charge in [-0.1, -0.05) is 0 Å². The normalized spacial score (nSPS) is 15.1. The van der Waals surface area contributed by atoms with Gasteiger partial charge in [0.25, 0.3) is 5.56 Å². The minimum Gasteiger partial charge on any atom is -0.394 e. The summed E-state index contributed by atoms with van der Waals surface area (Å²) in [5.74, 6) is -0.637. The second-order valence-electron chi connectivity index (χ2n) is 4.97. The highest BCUT2D eigenvalue weighted by molar-refractivity contribution is 8.01. The average molecular weight is 377 g/mol. The number of aryl methyl sites for hydroxylation is 1. The molecule has 0 saturated carbocycles. The Morgan fingerprint density at radius 2 is 2.00 bits per heavy atom. The van der Waals surface area contributed by atoms with Gasteiger partial charge in [-0.15, -0.1) is 0 Å². The fraction of sp³-hybridized carbons (Fsp3) is 0.462. The van der Waals surface area contributed by atoms with Crippen molar-refractivity contribution in [3.05, 3.63) is 38.2 Å². The lowest BCUT2D eigenvalue weighted by Crippen LogP contribution is -2.41. The van der Waals surface area contributed by atoms with Crippen LogP contribution in [0, 0.1) is 6.92 Å². The molecule has 24 heavy (non-hydrogen) atoms. The van der Waals surface area contributed by atoms with E-state index in [9.17, 15) is 27.9 Å². The predicted octanol–water partition coefficient (Wildman–Crippen LogP) is -2.05. The predicted molar refractivity (Wildman–Crippen MR) is 92.4 cm³/mol. The fourth-order valence-electron chi connectivity index (χ4n) is 1.82. The molecule has 0 saturated heterocycles. The zero-order chi connectivity index (χ0) is 18.3. The molecule has 0 aliphatic heterocycles. The Hall–Kier alpha value is -1.85. The number of aromatic nitrogens is 2. The molecule has 2 unspecified atom stereocenters. The molecule has 3 atom stereocenters. The minimum absolute atomic E-state index is 0.0336. The van der Waals surface area contributed by atoms with Crippen molar-refractivity contribution in [1.82, 2.24) is 15.3 Å². The van der Waals surface area contributed by atoms with Crippen molar-refractivity contribution < 1.29 is 18.3 Å². The number of rotatable bonds is 8. The third kappa shape index (κ3) is 6.72. The van der Waals surface area contributed by atoms with E-state index in [4.69, 9.17) is 0 Å². The summed E-state index contributed by atoms with van der Waals surface area (Å²) in [5, 5.41) is 11.6. The Morgan fingerprint density at radius 3 is 2.54 bits per heavy atom. The van der Waals surface area contributed by atoms with Crippen LogP contribution in [0.4, 0.5) is 0 Å². The van der Waals surface area contributed by atoms with Gasteiger partial charge >= 0.3 is 5.69 Å². The van der Waals surface area contributed by atoms with Crippen molar-refractivity contribution in [2.24, 2.45) is 0 Å². The van der Waals surface area contributed by atoms with Gasteiger partial charge in [0.2, 0.25) is 5.91 Å². The summed E-state index contributed by atoms with van der Waals surface area (Å²) in [6.07, 6.45) is 3.71. The highest BCUT2D eigenvalue weighted by Crippen LogP contribution is 1.98. The zero-order valence-corrected chi connectivity index (χ0v) is 14.8. The number of carbonyl (C=O) groups is 1. The summed E-state index contributed by atoms with van der Waals surface area (Å²) in [4.78, 5) is 39.0. The molecule has 0 aliphatic carbocycles. The van der Waals surface area contributed by atoms with E-state index in [1.165, 1.54) is 19.3 Å². The van der Waals surface area contributed by atoms with Crippen LogP contribution in [0.5, 0.6) is 0 Å². The van der Waals surface area contributed by atoms with Crippen molar-refractivity contribution in [2.75, 3.05) is 23.7 Å². The first kappa shape index (κ1) is 20.2. The number of carbonyl (C=O) groups excluding carboxylic acids is 1. The zero-order valence-electron chi connectivity index (χ0n) is 13.2. The Bertz CT molecular complexity index is 783. The van der Waals surface area contributed by atoms with Crippen LogP contribution < -0.4 is 16.6 Å². The summed E-state index contributed by atoms with van der Waals surface area (Å²) in [6, 6.07) is -0.763. The molecular weight excluding hydrogens is 358 g/mol. The number of aromatic amines is 2. The lowest BCUT2D eigenvalue weighted by Gasteiger charge is -2.14. The number of aliphatic hydroxyl groups excluding tert-OH is 1. The summed E-state index contributed by atoms with van der Waals surface area (Å²) in [5.41, 5.74) is -0.853. The van der Waals surface area contributed by atoms with Gasteiger partial charge in [0.1, 0.15) is 0 Å². The fourth-order valence-corrected chi connectivity index (χ4v) is 4.32. The molecule has 1 aromatic heterocycles. The number of hydrogen-bond acceptors (Lipinski definition) is 6. The quantitative estimate of drug-likeness (QED) is 0.383. The molecule has 1 aromatic rings. The Kier molecular flexibility index (Phi) is 7.95. The van der Waals surface area contributed by atoms with Gasteiger partial charge in [0.15, 0.2) is 0 Å². The molecule has 1 rings (SSSR count). The number of amides is 1. The largest absolute Gasteiger partial charge is 0.394 e. The molecule has 0 aromatic carbocycles. The molecule has 0 aliphatic rings. The molecule has 0 spiro atoms. The summed E-state index contributed by atoms with van der Waals surface area (Å²) in [7, 11) is -2.68. The van der Waals surface area contributed by atoms with Crippen molar-refractivity contribution in [2.45, 2.75) is 13.0 Å². The van der Waals surface area contributed by atoms with Gasteiger partial charge in [0.05, 0.1) is 23.3 Å². The van der Waals surface area contributed by atoms with Crippen LogP contribution in [0.25, 0.3) is 6.08 Å². The second kappa shape index (κ2) is 9.45. The van der Waals surface area contributed by atoms with Crippen LogP contribution in [0.3, 0.4) is 0 Å². The maximum Gasteiger partial charge on any atom is 0.325 e. The molecule has 0 bridgehead atoms. The summed E-state index contributed by atoms with van der Waals surface area (Å²) in [6.45, 7) is 1.08. The van der Waals surface area contributed by atoms with Gasteiger partial charge < -0.3 is 15.4 Å². The van der Waals surface area contributed by atoms with Crippen molar-refractivity contribution in [1.29, 1.82) is 0 Å². The summed E-state index contributed by atoms with van der Waals surface area (Å²) >= 11 is 0. The SMILES string of the molecule is Cc1[nH]c(=O)[nH]c(=O)c1/C=C/C(=O)N[C@H](CO)CS(=O)CS(C)=O. The van der Waals surface area contributed by atoms with E-state index in [0.717, 1.165) is 6.08 Å². The number of aliphatic hydroxyl groups is 1. The van der Waals surface area contributed by atoms with Gasteiger partial charge in [-0.2, -0.15) is 0 Å². The molecular formula is C13H19N3O6S2. The lowest BCUT2D eigenvalue weighted by atomic mass is 10.2. The van der Waals surface area contributed by atoms with E-state index in [-0.39, 0.29) is 16.4 Å². The first-order valence-electron chi connectivity index (χ1n) is 6.80. The van der Waals surface area contributed by atoms with E-state index in [2.05, 4.69) is 10.3 Å². The average Bonchev–Trinajstić information content (AvgIpc) is 2.44. The maximum absolute atomic E-state index is 11.8. The Balaban J connectivity index is 2.74. The molecule has 9 nitrogen and oxygen atoms in total. The van der Waals surface area contributed by atoms with Crippen molar-refractivity contribution in [3.63, 3.8) is 0 Å². The highest BCUT2D eigenvalue weighted by atomic mass is 32.2. The maximum atomic E-state index is 11.8. The van der Waals surface area contributed by atoms with Crippen LogP contribution in [0.2, 0.25) is 0 Å². The van der Waals surface area contributed by atoms with Crippen LogP contribution in [-0.4, -0.2) is 59.1 Å². The molecule has 0 radical (unpaired) electrons. The standard InChI is InChI=1S/C13H19N3O6S2/c1-8-10(12(19)16-13(20)14-8)3-4-11(18)15-9(5-17)6-24(22)7-23(2)21/h3-4,9,17H,5-7H2,1-2H3,(H,15,18)(H2,14,16,19,20)/b4-3+/t9-,23?,24?/m1/s1. The lowest BCUT2D eigenvalue weighted by molar-refractivity contribution is -0.117. The van der Waals surface area contributed by atoms with E-state index in [1.54, 1.807) is 0 Å². The smallest absolute Gasteiger partial charge is 0.325 e.